The Morgan fingerprint density at radius 1 is 1.12 bits per heavy atom. The van der Waals surface area contributed by atoms with Gasteiger partial charge < -0.3 is 9.63 Å². The van der Waals surface area contributed by atoms with Crippen molar-refractivity contribution in [1.82, 2.24) is 10.1 Å². The van der Waals surface area contributed by atoms with Gasteiger partial charge in [0.25, 0.3) is 5.89 Å². The molecule has 1 heterocycles. The zero-order valence-electron chi connectivity index (χ0n) is 14.3. The topological polar surface area (TPSA) is 76.2 Å². The van der Waals surface area contributed by atoms with E-state index in [4.69, 9.17) is 4.52 Å². The molecule has 0 bridgehead atoms. The maximum atomic E-state index is 14.3. The Labute approximate surface area is 144 Å². The van der Waals surface area contributed by atoms with Gasteiger partial charge in [0.1, 0.15) is 5.82 Å². The van der Waals surface area contributed by atoms with E-state index in [0.717, 1.165) is 11.1 Å². The summed E-state index contributed by atoms with van der Waals surface area (Å²) in [6.45, 7) is 7.05. The normalized spacial score (nSPS) is 10.9. The highest BCUT2D eigenvalue weighted by Gasteiger charge is 2.21. The van der Waals surface area contributed by atoms with Gasteiger partial charge in [0.2, 0.25) is 5.82 Å². The Bertz CT molecular complexity index is 993. The standard InChI is InChI=1S/C19H17FN2O3/c1-9-6-5-7-13(16(9)20)18-21-17(22-25-18)15-11(3)10(2)8-14(12(15)4)19(23)24/h5-8H,1-4H3,(H,23,24). The molecule has 0 aliphatic heterocycles. The molecular weight excluding hydrogens is 323 g/mol. The van der Waals surface area contributed by atoms with Crippen LogP contribution in [0, 0.1) is 33.5 Å². The predicted octanol–water partition coefficient (Wildman–Crippen LogP) is 4.47. The van der Waals surface area contributed by atoms with Crippen LogP contribution in [0.3, 0.4) is 0 Å². The number of benzene rings is 2. The van der Waals surface area contributed by atoms with Gasteiger partial charge in [0.15, 0.2) is 0 Å². The minimum atomic E-state index is -1.02. The van der Waals surface area contributed by atoms with Crippen molar-refractivity contribution in [3.63, 3.8) is 0 Å². The minimum absolute atomic E-state index is 0.0633. The number of nitrogens with zero attached hydrogens (tertiary/aromatic N) is 2. The van der Waals surface area contributed by atoms with Crippen LogP contribution in [0.15, 0.2) is 28.8 Å². The molecule has 0 spiro atoms. The SMILES string of the molecule is Cc1cc(C(=O)O)c(C)c(-c2noc(-c3cccc(C)c3F)n2)c1C. The maximum Gasteiger partial charge on any atom is 0.335 e. The molecule has 0 radical (unpaired) electrons. The van der Waals surface area contributed by atoms with E-state index in [9.17, 15) is 14.3 Å². The van der Waals surface area contributed by atoms with Crippen molar-refractivity contribution in [3.05, 3.63) is 57.9 Å². The second-order valence-corrected chi connectivity index (χ2v) is 6.03. The van der Waals surface area contributed by atoms with E-state index < -0.39 is 11.8 Å². The number of hydrogen-bond donors (Lipinski definition) is 1. The molecule has 0 saturated heterocycles. The molecule has 5 nitrogen and oxygen atoms in total. The Morgan fingerprint density at radius 3 is 2.52 bits per heavy atom. The van der Waals surface area contributed by atoms with E-state index in [-0.39, 0.29) is 22.8 Å². The fourth-order valence-corrected chi connectivity index (χ4v) is 2.85. The number of carboxylic acid groups (broad SMARTS) is 1. The molecule has 0 aliphatic rings. The summed E-state index contributed by atoms with van der Waals surface area (Å²) >= 11 is 0. The van der Waals surface area contributed by atoms with Crippen LogP contribution in [0.4, 0.5) is 4.39 Å². The lowest BCUT2D eigenvalue weighted by atomic mass is 9.93. The first-order valence-electron chi connectivity index (χ1n) is 7.75. The Hall–Kier alpha value is -3.02. The largest absolute Gasteiger partial charge is 0.478 e. The average Bonchev–Trinajstić information content (AvgIpc) is 3.03. The summed E-state index contributed by atoms with van der Waals surface area (Å²) in [6.07, 6.45) is 0. The first-order valence-corrected chi connectivity index (χ1v) is 7.75. The van der Waals surface area contributed by atoms with Crippen LogP contribution in [0.2, 0.25) is 0 Å². The molecule has 128 valence electrons. The molecule has 0 amide bonds. The third-order valence-corrected chi connectivity index (χ3v) is 4.41. The molecule has 1 aromatic heterocycles. The zero-order chi connectivity index (χ0) is 18.3. The molecule has 2 aromatic carbocycles. The molecule has 0 saturated carbocycles. The van der Waals surface area contributed by atoms with Crippen molar-refractivity contribution in [3.8, 4) is 22.8 Å². The molecule has 3 rings (SSSR count). The van der Waals surface area contributed by atoms with E-state index in [1.807, 2.05) is 13.8 Å². The summed E-state index contributed by atoms with van der Waals surface area (Å²) in [5.41, 5.74) is 3.71. The maximum absolute atomic E-state index is 14.3. The fraction of sp³-hybridized carbons (Fsp3) is 0.211. The van der Waals surface area contributed by atoms with Crippen LogP contribution in [0.5, 0.6) is 0 Å². The van der Waals surface area contributed by atoms with Gasteiger partial charge in [-0.15, -0.1) is 0 Å². The molecule has 0 aliphatic carbocycles. The monoisotopic (exact) mass is 340 g/mol. The van der Waals surface area contributed by atoms with E-state index >= 15 is 0 Å². The average molecular weight is 340 g/mol. The van der Waals surface area contributed by atoms with Crippen LogP contribution in [0.25, 0.3) is 22.8 Å². The number of aromatic carboxylic acids is 1. The van der Waals surface area contributed by atoms with Crippen LogP contribution in [0.1, 0.15) is 32.6 Å². The van der Waals surface area contributed by atoms with Crippen LogP contribution < -0.4 is 0 Å². The van der Waals surface area contributed by atoms with Crippen molar-refractivity contribution in [1.29, 1.82) is 0 Å². The molecule has 3 aromatic rings. The van der Waals surface area contributed by atoms with Gasteiger partial charge in [-0.3, -0.25) is 0 Å². The van der Waals surface area contributed by atoms with Crippen molar-refractivity contribution >= 4 is 5.97 Å². The van der Waals surface area contributed by atoms with E-state index in [0.29, 0.717) is 16.7 Å². The second kappa shape index (κ2) is 6.12. The van der Waals surface area contributed by atoms with Crippen LogP contribution in [-0.4, -0.2) is 21.2 Å². The van der Waals surface area contributed by atoms with Crippen LogP contribution in [-0.2, 0) is 0 Å². The molecule has 6 heteroatoms. The quantitative estimate of drug-likeness (QED) is 0.761. The lowest BCUT2D eigenvalue weighted by Crippen LogP contribution is -2.05. The second-order valence-electron chi connectivity index (χ2n) is 6.03. The summed E-state index contributed by atoms with van der Waals surface area (Å²) < 4.78 is 19.5. The fourth-order valence-electron chi connectivity index (χ4n) is 2.85. The third-order valence-electron chi connectivity index (χ3n) is 4.41. The first-order chi connectivity index (χ1) is 11.8. The van der Waals surface area contributed by atoms with Gasteiger partial charge in [0, 0.05) is 5.56 Å². The lowest BCUT2D eigenvalue weighted by molar-refractivity contribution is 0.0696. The number of rotatable bonds is 3. The molecular formula is C19H17FN2O3. The van der Waals surface area contributed by atoms with Gasteiger partial charge in [0.05, 0.1) is 11.1 Å². The highest BCUT2D eigenvalue weighted by Crippen LogP contribution is 2.32. The predicted molar refractivity (Wildman–Crippen MR) is 91.0 cm³/mol. The number of halogens is 1. The van der Waals surface area contributed by atoms with Gasteiger partial charge in [-0.25, -0.2) is 9.18 Å². The number of aryl methyl sites for hydroxylation is 2. The number of carboxylic acids is 1. The lowest BCUT2D eigenvalue weighted by Gasteiger charge is -2.12. The number of carbonyl (C=O) groups is 1. The molecule has 0 fully saturated rings. The first kappa shape index (κ1) is 16.8. The minimum Gasteiger partial charge on any atom is -0.478 e. The highest BCUT2D eigenvalue weighted by atomic mass is 19.1. The Balaban J connectivity index is 2.18. The summed E-state index contributed by atoms with van der Waals surface area (Å²) in [5, 5.41) is 13.3. The molecule has 0 atom stereocenters. The molecule has 1 N–H and O–H groups in total. The smallest absolute Gasteiger partial charge is 0.335 e. The van der Waals surface area contributed by atoms with Gasteiger partial charge >= 0.3 is 5.97 Å². The highest BCUT2D eigenvalue weighted by molar-refractivity contribution is 5.92. The number of aromatic nitrogens is 2. The van der Waals surface area contributed by atoms with Crippen molar-refractivity contribution in [2.24, 2.45) is 0 Å². The Morgan fingerprint density at radius 2 is 1.84 bits per heavy atom. The number of hydrogen-bond acceptors (Lipinski definition) is 4. The van der Waals surface area contributed by atoms with E-state index in [1.165, 1.54) is 0 Å². The molecule has 0 unspecified atom stereocenters. The van der Waals surface area contributed by atoms with Gasteiger partial charge in [-0.05, 0) is 62.1 Å². The molecule has 25 heavy (non-hydrogen) atoms. The summed E-state index contributed by atoms with van der Waals surface area (Å²) in [4.78, 5) is 15.8. The van der Waals surface area contributed by atoms with E-state index in [1.54, 1.807) is 38.1 Å². The van der Waals surface area contributed by atoms with Crippen LogP contribution >= 0.6 is 0 Å². The van der Waals surface area contributed by atoms with Crippen molar-refractivity contribution < 1.29 is 18.8 Å². The van der Waals surface area contributed by atoms with Crippen molar-refractivity contribution in [2.45, 2.75) is 27.7 Å². The van der Waals surface area contributed by atoms with E-state index in [2.05, 4.69) is 10.1 Å². The summed E-state index contributed by atoms with van der Waals surface area (Å²) in [6, 6.07) is 6.56. The van der Waals surface area contributed by atoms with Gasteiger partial charge in [-0.2, -0.15) is 4.98 Å². The zero-order valence-corrected chi connectivity index (χ0v) is 14.3. The Kier molecular flexibility index (Phi) is 4.12. The summed E-state index contributed by atoms with van der Waals surface area (Å²) in [5.74, 6) is -1.12. The van der Waals surface area contributed by atoms with Gasteiger partial charge in [-0.1, -0.05) is 17.3 Å². The summed E-state index contributed by atoms with van der Waals surface area (Å²) in [7, 11) is 0. The third kappa shape index (κ3) is 2.80. The van der Waals surface area contributed by atoms with Crippen molar-refractivity contribution in [2.75, 3.05) is 0 Å².